The molecule has 1 atom stereocenters. The molecule has 1 aliphatic rings. The predicted octanol–water partition coefficient (Wildman–Crippen LogP) is 4.04. The van der Waals surface area contributed by atoms with Crippen LogP contribution in [0.15, 0.2) is 53.4 Å². The van der Waals surface area contributed by atoms with Gasteiger partial charge in [0, 0.05) is 39.5 Å². The van der Waals surface area contributed by atoms with E-state index in [0.717, 1.165) is 16.0 Å². The van der Waals surface area contributed by atoms with Crippen molar-refractivity contribution in [3.63, 3.8) is 0 Å². The molecule has 1 aromatic heterocycles. The van der Waals surface area contributed by atoms with Crippen LogP contribution in [-0.4, -0.2) is 24.9 Å². The summed E-state index contributed by atoms with van der Waals surface area (Å²) in [5, 5.41) is 11.1. The molecule has 26 heavy (non-hydrogen) atoms. The molecule has 3 aromatic rings. The van der Waals surface area contributed by atoms with E-state index in [9.17, 15) is 14.3 Å². The second-order valence-corrected chi connectivity index (χ2v) is 7.66. The van der Waals surface area contributed by atoms with E-state index in [4.69, 9.17) is 11.6 Å². The fraction of sp³-hybridized carbons (Fsp3) is 0.111. The number of benzene rings is 2. The lowest BCUT2D eigenvalue weighted by Gasteiger charge is -2.11. The molecule has 0 N–H and O–H groups in total. The Morgan fingerprint density at radius 1 is 1.08 bits per heavy atom. The lowest BCUT2D eigenvalue weighted by molar-refractivity contribution is -0.384. The molecular weight excluding hydrogens is 374 g/mol. The van der Waals surface area contributed by atoms with Crippen molar-refractivity contribution in [3.05, 3.63) is 69.4 Å². The molecule has 0 spiro atoms. The second kappa shape index (κ2) is 6.59. The van der Waals surface area contributed by atoms with E-state index in [1.807, 2.05) is 24.3 Å². The van der Waals surface area contributed by atoms with Crippen molar-refractivity contribution in [1.29, 1.82) is 0 Å². The van der Waals surface area contributed by atoms with Gasteiger partial charge in [-0.3, -0.25) is 14.3 Å². The highest BCUT2D eigenvalue weighted by molar-refractivity contribution is 7.85. The Labute approximate surface area is 156 Å². The van der Waals surface area contributed by atoms with Crippen molar-refractivity contribution >= 4 is 28.1 Å². The third-order valence-electron chi connectivity index (χ3n) is 4.22. The zero-order valence-electron chi connectivity index (χ0n) is 13.4. The quantitative estimate of drug-likeness (QED) is 0.377. The van der Waals surface area contributed by atoms with Crippen LogP contribution >= 0.6 is 11.6 Å². The average Bonchev–Trinajstić information content (AvgIpc) is 2.80. The van der Waals surface area contributed by atoms with Crippen LogP contribution in [0.25, 0.3) is 22.6 Å². The Hall–Kier alpha value is -2.64. The lowest BCUT2D eigenvalue weighted by Crippen LogP contribution is -2.01. The number of halogens is 1. The van der Waals surface area contributed by atoms with Gasteiger partial charge >= 0.3 is 0 Å². The fourth-order valence-electron chi connectivity index (χ4n) is 2.93. The van der Waals surface area contributed by atoms with Gasteiger partial charge in [-0.05, 0) is 24.6 Å². The van der Waals surface area contributed by atoms with Crippen LogP contribution in [0, 0.1) is 10.1 Å². The van der Waals surface area contributed by atoms with Crippen molar-refractivity contribution in [2.24, 2.45) is 0 Å². The van der Waals surface area contributed by atoms with E-state index < -0.39 is 15.7 Å². The summed E-state index contributed by atoms with van der Waals surface area (Å²) in [6, 6.07) is 13.4. The Morgan fingerprint density at radius 2 is 1.81 bits per heavy atom. The summed E-state index contributed by atoms with van der Waals surface area (Å²) < 4.78 is 12.5. The first-order chi connectivity index (χ1) is 12.5. The highest BCUT2D eigenvalue weighted by Crippen LogP contribution is 2.36. The van der Waals surface area contributed by atoms with E-state index >= 15 is 0 Å². The van der Waals surface area contributed by atoms with E-state index in [1.165, 1.54) is 12.1 Å². The molecule has 2 aromatic carbocycles. The second-order valence-electron chi connectivity index (χ2n) is 5.76. The number of hydrogen-bond acceptors (Lipinski definition) is 5. The van der Waals surface area contributed by atoms with Crippen LogP contribution in [-0.2, 0) is 17.2 Å². The van der Waals surface area contributed by atoms with Gasteiger partial charge < -0.3 is 0 Å². The van der Waals surface area contributed by atoms with Crippen molar-refractivity contribution < 1.29 is 9.13 Å². The molecule has 0 saturated carbocycles. The minimum Gasteiger partial charge on any atom is -0.258 e. The first kappa shape index (κ1) is 16.8. The van der Waals surface area contributed by atoms with Crippen LogP contribution in [0.3, 0.4) is 0 Å². The smallest absolute Gasteiger partial charge is 0.258 e. The fourth-order valence-corrected chi connectivity index (χ4v) is 4.44. The van der Waals surface area contributed by atoms with Crippen LogP contribution in [0.4, 0.5) is 5.69 Å². The Bertz CT molecular complexity index is 1050. The summed E-state index contributed by atoms with van der Waals surface area (Å²) in [4.78, 5) is 20.1. The van der Waals surface area contributed by atoms with Crippen LogP contribution in [0.5, 0.6) is 0 Å². The predicted molar refractivity (Wildman–Crippen MR) is 99.5 cm³/mol. The van der Waals surface area contributed by atoms with Crippen LogP contribution in [0.2, 0.25) is 5.15 Å². The number of hydrogen-bond donors (Lipinski definition) is 0. The molecule has 0 bridgehead atoms. The van der Waals surface area contributed by atoms with Crippen LogP contribution in [0.1, 0.15) is 5.56 Å². The van der Waals surface area contributed by atoms with Crippen molar-refractivity contribution in [3.8, 4) is 22.6 Å². The number of rotatable bonds is 2. The molecule has 1 unspecified atom stereocenters. The van der Waals surface area contributed by atoms with Gasteiger partial charge in [-0.15, -0.1) is 0 Å². The Morgan fingerprint density at radius 3 is 2.54 bits per heavy atom. The molecule has 0 radical (unpaired) electrons. The maximum Gasteiger partial charge on any atom is 0.269 e. The minimum atomic E-state index is -1.13. The van der Waals surface area contributed by atoms with Gasteiger partial charge in [-0.2, -0.15) is 0 Å². The highest BCUT2D eigenvalue weighted by atomic mass is 35.5. The van der Waals surface area contributed by atoms with Crippen molar-refractivity contribution in [2.75, 3.05) is 5.75 Å². The summed E-state index contributed by atoms with van der Waals surface area (Å²) in [5.41, 5.74) is 2.85. The molecule has 0 saturated heterocycles. The zero-order valence-corrected chi connectivity index (χ0v) is 15.0. The average molecular weight is 386 g/mol. The number of nitro groups is 1. The summed E-state index contributed by atoms with van der Waals surface area (Å²) in [6.07, 6.45) is 0.524. The summed E-state index contributed by atoms with van der Waals surface area (Å²) in [7, 11) is -1.13. The molecule has 8 heteroatoms. The van der Waals surface area contributed by atoms with Crippen LogP contribution < -0.4 is 0 Å². The topological polar surface area (TPSA) is 86.0 Å². The lowest BCUT2D eigenvalue weighted by atomic mass is 10.0. The van der Waals surface area contributed by atoms with Gasteiger partial charge in [-0.25, -0.2) is 9.97 Å². The molecular formula is C18H12ClN3O3S. The van der Waals surface area contributed by atoms with Gasteiger partial charge in [0.2, 0.25) is 0 Å². The molecule has 4 rings (SSSR count). The standard InChI is InChI=1S/C18H12ClN3O3S/c19-17-14-9-10-26(25)15-4-2-1-3-13(15)16(14)20-18(21-17)11-5-7-12(8-6-11)22(23)24/h1-8H,9-10H2. The minimum absolute atomic E-state index is 0.00431. The molecule has 0 amide bonds. The molecule has 2 heterocycles. The largest absolute Gasteiger partial charge is 0.269 e. The van der Waals surface area contributed by atoms with Gasteiger partial charge in [-0.1, -0.05) is 29.8 Å². The van der Waals surface area contributed by atoms with Gasteiger partial charge in [0.25, 0.3) is 5.69 Å². The van der Waals surface area contributed by atoms with Crippen molar-refractivity contribution in [1.82, 2.24) is 9.97 Å². The molecule has 6 nitrogen and oxygen atoms in total. The summed E-state index contributed by atoms with van der Waals surface area (Å²) in [6.45, 7) is 0. The maximum absolute atomic E-state index is 12.5. The zero-order chi connectivity index (χ0) is 18.3. The number of non-ortho nitro benzene ring substituents is 1. The Balaban J connectivity index is 1.89. The maximum atomic E-state index is 12.5. The monoisotopic (exact) mass is 385 g/mol. The third kappa shape index (κ3) is 2.89. The molecule has 130 valence electrons. The number of nitrogens with zero attached hydrogens (tertiary/aromatic N) is 3. The van der Waals surface area contributed by atoms with Gasteiger partial charge in [0.15, 0.2) is 5.82 Å². The number of fused-ring (bicyclic) bond motifs is 3. The third-order valence-corrected chi connectivity index (χ3v) is 5.95. The Kier molecular flexibility index (Phi) is 4.26. The van der Waals surface area contributed by atoms with Gasteiger partial charge in [0.1, 0.15) is 5.15 Å². The van der Waals surface area contributed by atoms with Crippen molar-refractivity contribution in [2.45, 2.75) is 11.3 Å². The highest BCUT2D eigenvalue weighted by Gasteiger charge is 2.24. The molecule has 0 fully saturated rings. The summed E-state index contributed by atoms with van der Waals surface area (Å²) in [5.74, 6) is 0.843. The SMILES string of the molecule is O=[N+]([O-])c1ccc(-c2nc(Cl)c3c(n2)-c2ccccc2S(=O)CC3)cc1. The first-order valence-electron chi connectivity index (χ1n) is 7.83. The molecule has 1 aliphatic heterocycles. The number of nitro benzene ring substituents is 1. The molecule has 0 aliphatic carbocycles. The first-order valence-corrected chi connectivity index (χ1v) is 9.53. The normalized spacial score (nSPS) is 15.7. The van der Waals surface area contributed by atoms with E-state index in [-0.39, 0.29) is 5.69 Å². The van der Waals surface area contributed by atoms with E-state index in [2.05, 4.69) is 9.97 Å². The van der Waals surface area contributed by atoms with Gasteiger partial charge in [0.05, 0.1) is 21.4 Å². The van der Waals surface area contributed by atoms with E-state index in [1.54, 1.807) is 12.1 Å². The number of aromatic nitrogens is 2. The summed E-state index contributed by atoms with van der Waals surface area (Å²) >= 11 is 6.41. The van der Waals surface area contributed by atoms with E-state index in [0.29, 0.717) is 34.4 Å².